The number of halogens is 3. The number of rotatable bonds is 7. The van der Waals surface area contributed by atoms with E-state index in [2.05, 4.69) is 30.4 Å². The Morgan fingerprint density at radius 3 is 2.50 bits per heavy atom. The molecular weight excluding hydrogens is 401 g/mol. The summed E-state index contributed by atoms with van der Waals surface area (Å²) in [7, 11) is 1.68. The number of piperazine rings is 1. The Bertz CT molecular complexity index is 701. The third-order valence-electron chi connectivity index (χ3n) is 4.40. The highest BCUT2D eigenvalue weighted by Crippen LogP contribution is 2.29. The minimum Gasteiger partial charge on any atom is -0.476 e. The number of carbonyl (C=O) groups is 1. The van der Waals surface area contributed by atoms with Gasteiger partial charge in [-0.05, 0) is 19.9 Å². The van der Waals surface area contributed by atoms with Crippen LogP contribution in [0.2, 0.25) is 0 Å². The summed E-state index contributed by atoms with van der Waals surface area (Å²) in [5.41, 5.74) is -0.811. The molecule has 1 amide bonds. The normalized spacial score (nSPS) is 16.0. The second-order valence-electron chi connectivity index (χ2n) is 7.19. The zero-order valence-corrected chi connectivity index (χ0v) is 17.5. The molecule has 8 nitrogen and oxygen atoms in total. The van der Waals surface area contributed by atoms with E-state index in [1.807, 2.05) is 13.8 Å². The maximum atomic E-state index is 12.5. The van der Waals surface area contributed by atoms with E-state index in [0.29, 0.717) is 19.0 Å². The van der Waals surface area contributed by atoms with Gasteiger partial charge in [0.25, 0.3) is 0 Å². The van der Waals surface area contributed by atoms with E-state index in [9.17, 15) is 18.0 Å². The lowest BCUT2D eigenvalue weighted by atomic mass is 10.3. The fraction of sp³-hybridized carbons (Fsp3) is 0.632. The molecule has 0 aromatic carbocycles. The Balaban J connectivity index is 1.69. The lowest BCUT2D eigenvalue weighted by Crippen LogP contribution is -2.54. The van der Waals surface area contributed by atoms with Crippen LogP contribution in [0.15, 0.2) is 23.3 Å². The zero-order chi connectivity index (χ0) is 22.1. The van der Waals surface area contributed by atoms with E-state index in [0.717, 1.165) is 38.4 Å². The second kappa shape index (κ2) is 11.0. The monoisotopic (exact) mass is 430 g/mol. The van der Waals surface area contributed by atoms with Crippen LogP contribution in [0.1, 0.15) is 19.4 Å². The molecule has 2 heterocycles. The molecule has 1 aromatic heterocycles. The number of alkyl halides is 3. The Labute approximate surface area is 174 Å². The maximum Gasteiger partial charge on any atom is 0.417 e. The van der Waals surface area contributed by atoms with Gasteiger partial charge in [0.05, 0.1) is 18.7 Å². The topological polar surface area (TPSA) is 82.1 Å². The molecule has 30 heavy (non-hydrogen) atoms. The predicted octanol–water partition coefficient (Wildman–Crippen LogP) is 1.20. The minimum atomic E-state index is -4.41. The van der Waals surface area contributed by atoms with E-state index in [4.69, 9.17) is 4.74 Å². The summed E-state index contributed by atoms with van der Waals surface area (Å²) >= 11 is 0. The molecule has 1 aliphatic rings. The second-order valence-corrected chi connectivity index (χ2v) is 7.19. The fourth-order valence-electron chi connectivity index (χ4n) is 2.97. The fourth-order valence-corrected chi connectivity index (χ4v) is 2.97. The highest BCUT2D eigenvalue weighted by molar-refractivity contribution is 5.80. The molecule has 0 unspecified atom stereocenters. The summed E-state index contributed by atoms with van der Waals surface area (Å²) in [5.74, 6) is 0.869. The van der Waals surface area contributed by atoms with Crippen molar-refractivity contribution < 1.29 is 22.7 Å². The first-order chi connectivity index (χ1) is 14.2. The molecule has 1 aliphatic heterocycles. The smallest absolute Gasteiger partial charge is 0.417 e. The van der Waals surface area contributed by atoms with Gasteiger partial charge >= 0.3 is 6.18 Å². The first-order valence-corrected chi connectivity index (χ1v) is 9.82. The summed E-state index contributed by atoms with van der Waals surface area (Å²) in [6.45, 7) is 7.86. The Kier molecular flexibility index (Phi) is 8.70. The number of amides is 1. The first kappa shape index (κ1) is 23.7. The quantitative estimate of drug-likeness (QED) is 0.384. The number of carbonyl (C=O) groups excluding carboxylic acids is 1. The van der Waals surface area contributed by atoms with Gasteiger partial charge < -0.3 is 20.3 Å². The summed E-state index contributed by atoms with van der Waals surface area (Å²) in [4.78, 5) is 24.0. The standard InChI is InChI=1S/C19H29F3N6O2/c1-14(2)26-16(29)13-27-7-9-28(10-8-27)18(23-3)24-6-11-30-17-5-4-15(12-25-17)19(20,21)22/h4-5,12,14H,6-11,13H2,1-3H3,(H,23,24)(H,26,29). The number of pyridine rings is 1. The van der Waals surface area contributed by atoms with Gasteiger partial charge in [-0.1, -0.05) is 0 Å². The van der Waals surface area contributed by atoms with Crippen LogP contribution >= 0.6 is 0 Å². The van der Waals surface area contributed by atoms with Gasteiger partial charge in [-0.15, -0.1) is 0 Å². The summed E-state index contributed by atoms with van der Waals surface area (Å²) in [6.07, 6.45) is -3.66. The molecule has 0 bridgehead atoms. The number of aromatic nitrogens is 1. The molecule has 0 spiro atoms. The van der Waals surface area contributed by atoms with Crippen LogP contribution in [0.25, 0.3) is 0 Å². The lowest BCUT2D eigenvalue weighted by molar-refractivity contribution is -0.137. The maximum absolute atomic E-state index is 12.5. The highest BCUT2D eigenvalue weighted by Gasteiger charge is 2.30. The van der Waals surface area contributed by atoms with Crippen molar-refractivity contribution in [1.82, 2.24) is 25.4 Å². The van der Waals surface area contributed by atoms with Crippen molar-refractivity contribution in [3.63, 3.8) is 0 Å². The van der Waals surface area contributed by atoms with Crippen LogP contribution in [0.5, 0.6) is 5.88 Å². The highest BCUT2D eigenvalue weighted by atomic mass is 19.4. The number of aliphatic imine (C=N–C) groups is 1. The molecule has 0 aliphatic carbocycles. The van der Waals surface area contributed by atoms with E-state index in [-0.39, 0.29) is 24.4 Å². The minimum absolute atomic E-state index is 0.0231. The van der Waals surface area contributed by atoms with Gasteiger partial charge in [0.2, 0.25) is 11.8 Å². The van der Waals surface area contributed by atoms with E-state index in [1.165, 1.54) is 6.07 Å². The third-order valence-corrected chi connectivity index (χ3v) is 4.40. The Morgan fingerprint density at radius 2 is 1.97 bits per heavy atom. The zero-order valence-electron chi connectivity index (χ0n) is 17.5. The van der Waals surface area contributed by atoms with Gasteiger partial charge in [-0.25, -0.2) is 4.98 Å². The molecule has 1 saturated heterocycles. The van der Waals surface area contributed by atoms with Gasteiger partial charge in [0.15, 0.2) is 5.96 Å². The molecule has 0 radical (unpaired) electrons. The van der Waals surface area contributed by atoms with Crippen LogP contribution in [0, 0.1) is 0 Å². The molecular formula is C19H29F3N6O2. The molecule has 1 fully saturated rings. The molecule has 168 valence electrons. The molecule has 11 heteroatoms. The predicted molar refractivity (Wildman–Crippen MR) is 107 cm³/mol. The summed E-state index contributed by atoms with van der Waals surface area (Å²) in [6, 6.07) is 2.27. The van der Waals surface area contributed by atoms with E-state index in [1.54, 1.807) is 7.05 Å². The van der Waals surface area contributed by atoms with Crippen molar-refractivity contribution in [2.45, 2.75) is 26.1 Å². The van der Waals surface area contributed by atoms with Gasteiger partial charge in [-0.3, -0.25) is 14.7 Å². The van der Waals surface area contributed by atoms with Crippen molar-refractivity contribution in [3.8, 4) is 5.88 Å². The lowest BCUT2D eigenvalue weighted by Gasteiger charge is -2.36. The number of nitrogens with one attached hydrogen (secondary N) is 2. The van der Waals surface area contributed by atoms with Gasteiger partial charge in [0.1, 0.15) is 6.61 Å². The van der Waals surface area contributed by atoms with Crippen LogP contribution in [0.3, 0.4) is 0 Å². The first-order valence-electron chi connectivity index (χ1n) is 9.82. The van der Waals surface area contributed by atoms with Crippen LogP contribution in [-0.4, -0.2) is 85.6 Å². The SMILES string of the molecule is CN=C(NCCOc1ccc(C(F)(F)F)cn1)N1CCN(CC(=O)NC(C)C)CC1. The Morgan fingerprint density at radius 1 is 1.27 bits per heavy atom. The molecule has 0 saturated carbocycles. The molecule has 2 N–H and O–H groups in total. The van der Waals surface area contributed by atoms with Crippen LogP contribution in [0.4, 0.5) is 13.2 Å². The average Bonchev–Trinajstić information content (AvgIpc) is 2.68. The van der Waals surface area contributed by atoms with E-state index >= 15 is 0 Å². The molecule has 1 aromatic rings. The molecule has 2 rings (SSSR count). The van der Waals surface area contributed by atoms with Gasteiger partial charge in [-0.2, -0.15) is 13.2 Å². The van der Waals surface area contributed by atoms with Crippen molar-refractivity contribution in [2.75, 3.05) is 52.9 Å². The van der Waals surface area contributed by atoms with Crippen molar-refractivity contribution in [2.24, 2.45) is 4.99 Å². The Hall–Kier alpha value is -2.56. The summed E-state index contributed by atoms with van der Waals surface area (Å²) in [5, 5.41) is 6.06. The number of hydrogen-bond donors (Lipinski definition) is 2. The number of hydrogen-bond acceptors (Lipinski definition) is 5. The van der Waals surface area contributed by atoms with Crippen molar-refractivity contribution >= 4 is 11.9 Å². The van der Waals surface area contributed by atoms with Crippen molar-refractivity contribution in [1.29, 1.82) is 0 Å². The van der Waals surface area contributed by atoms with Crippen molar-refractivity contribution in [3.05, 3.63) is 23.9 Å². The number of ether oxygens (including phenoxy) is 1. The van der Waals surface area contributed by atoms with Crippen LogP contribution < -0.4 is 15.4 Å². The molecule has 0 atom stereocenters. The van der Waals surface area contributed by atoms with Gasteiger partial charge in [0, 0.05) is 51.5 Å². The summed E-state index contributed by atoms with van der Waals surface area (Å²) < 4.78 is 43.0. The van der Waals surface area contributed by atoms with Crippen LogP contribution in [-0.2, 0) is 11.0 Å². The average molecular weight is 430 g/mol. The third kappa shape index (κ3) is 7.69. The van der Waals surface area contributed by atoms with E-state index < -0.39 is 11.7 Å². The number of nitrogens with zero attached hydrogens (tertiary/aromatic N) is 4. The largest absolute Gasteiger partial charge is 0.476 e. The number of guanidine groups is 1.